The van der Waals surface area contributed by atoms with Crippen LogP contribution in [-0.2, 0) is 4.79 Å². The molecule has 0 spiro atoms. The van der Waals surface area contributed by atoms with Crippen molar-refractivity contribution in [1.82, 2.24) is 10.2 Å². The molecule has 0 aliphatic carbocycles. The number of fused-ring (bicyclic) bond motifs is 1. The molecule has 2 aromatic rings. The molecular formula is C24H28N2O3. The third-order valence-electron chi connectivity index (χ3n) is 5.25. The molecule has 0 unspecified atom stereocenters. The smallest absolute Gasteiger partial charge is 0.258 e. The molecule has 0 saturated heterocycles. The third kappa shape index (κ3) is 5.05. The summed E-state index contributed by atoms with van der Waals surface area (Å²) in [4.78, 5) is 27.5. The molecule has 0 aromatic heterocycles. The summed E-state index contributed by atoms with van der Waals surface area (Å²) in [6.07, 6.45) is 5.46. The second kappa shape index (κ2) is 9.41. The van der Waals surface area contributed by atoms with Gasteiger partial charge in [-0.2, -0.15) is 0 Å². The van der Waals surface area contributed by atoms with Crippen molar-refractivity contribution < 1.29 is 14.3 Å². The molecule has 0 radical (unpaired) electrons. The lowest BCUT2D eigenvalue weighted by Crippen LogP contribution is -2.47. The molecule has 3 rings (SSSR count). The zero-order chi connectivity index (χ0) is 20.8. The first-order valence-corrected chi connectivity index (χ1v) is 10.0. The fourth-order valence-corrected chi connectivity index (χ4v) is 3.33. The van der Waals surface area contributed by atoms with Crippen LogP contribution in [-0.4, -0.2) is 35.9 Å². The molecule has 1 aliphatic heterocycles. The Bertz CT molecular complexity index is 879. The van der Waals surface area contributed by atoms with Crippen molar-refractivity contribution in [2.75, 3.05) is 7.05 Å². The number of hydrogen-bond donors (Lipinski definition) is 1. The molecule has 0 fully saturated rings. The number of ether oxygens (including phenoxy) is 1. The maximum atomic E-state index is 13.1. The SMILES string of the molecule is C[C@H]1C/C=C\C[C@H](c2ccccc2)NC(=O)[C@H](C)N(C)C(=O)c2ccccc2O1. The third-order valence-corrected chi connectivity index (χ3v) is 5.25. The molecule has 152 valence electrons. The molecule has 1 heterocycles. The topological polar surface area (TPSA) is 58.6 Å². The number of nitrogens with zero attached hydrogens (tertiary/aromatic N) is 1. The number of amides is 2. The van der Waals surface area contributed by atoms with Crippen LogP contribution in [0.25, 0.3) is 0 Å². The minimum Gasteiger partial charge on any atom is -0.490 e. The Kier molecular flexibility index (Phi) is 6.70. The Labute approximate surface area is 172 Å². The van der Waals surface area contributed by atoms with Crippen LogP contribution in [0, 0.1) is 0 Å². The van der Waals surface area contributed by atoms with E-state index in [1.165, 1.54) is 4.90 Å². The lowest BCUT2D eigenvalue weighted by molar-refractivity contribution is -0.125. The Balaban J connectivity index is 1.92. The highest BCUT2D eigenvalue weighted by molar-refractivity contribution is 5.99. The second-order valence-corrected chi connectivity index (χ2v) is 7.43. The zero-order valence-electron chi connectivity index (χ0n) is 17.2. The van der Waals surface area contributed by atoms with Crippen LogP contribution in [0.5, 0.6) is 5.75 Å². The van der Waals surface area contributed by atoms with E-state index in [9.17, 15) is 9.59 Å². The average molecular weight is 392 g/mol. The normalized spacial score (nSPS) is 24.7. The van der Waals surface area contributed by atoms with E-state index in [1.807, 2.05) is 43.3 Å². The summed E-state index contributed by atoms with van der Waals surface area (Å²) in [7, 11) is 1.65. The van der Waals surface area contributed by atoms with E-state index in [0.29, 0.717) is 24.2 Å². The lowest BCUT2D eigenvalue weighted by atomic mass is 10.0. The van der Waals surface area contributed by atoms with Crippen LogP contribution in [0.4, 0.5) is 0 Å². The molecule has 0 saturated carbocycles. The predicted octanol–water partition coefficient (Wildman–Crippen LogP) is 4.12. The Morgan fingerprint density at radius 1 is 0.931 bits per heavy atom. The molecule has 0 bridgehead atoms. The van der Waals surface area contributed by atoms with Crippen LogP contribution in [0.2, 0.25) is 0 Å². The summed E-state index contributed by atoms with van der Waals surface area (Å²) in [6.45, 7) is 3.73. The summed E-state index contributed by atoms with van der Waals surface area (Å²) in [5.41, 5.74) is 1.50. The Morgan fingerprint density at radius 3 is 2.34 bits per heavy atom. The highest BCUT2D eigenvalue weighted by Crippen LogP contribution is 2.24. The van der Waals surface area contributed by atoms with Gasteiger partial charge in [-0.25, -0.2) is 0 Å². The van der Waals surface area contributed by atoms with Crippen molar-refractivity contribution in [3.05, 3.63) is 77.9 Å². The molecule has 1 aliphatic rings. The quantitative estimate of drug-likeness (QED) is 0.743. The molecule has 3 atom stereocenters. The van der Waals surface area contributed by atoms with E-state index in [1.54, 1.807) is 32.2 Å². The van der Waals surface area contributed by atoms with Crippen molar-refractivity contribution in [2.24, 2.45) is 0 Å². The summed E-state index contributed by atoms with van der Waals surface area (Å²) < 4.78 is 6.03. The Morgan fingerprint density at radius 2 is 1.59 bits per heavy atom. The number of likely N-dealkylation sites (N-methyl/N-ethyl adjacent to an activating group) is 1. The molecule has 1 N–H and O–H groups in total. The van der Waals surface area contributed by atoms with Gasteiger partial charge in [-0.1, -0.05) is 54.6 Å². The van der Waals surface area contributed by atoms with Crippen molar-refractivity contribution in [3.8, 4) is 5.75 Å². The molecular weight excluding hydrogens is 364 g/mol. The molecule has 5 heteroatoms. The van der Waals surface area contributed by atoms with E-state index in [-0.39, 0.29) is 24.0 Å². The number of carbonyl (C=O) groups is 2. The maximum Gasteiger partial charge on any atom is 0.258 e. The van der Waals surface area contributed by atoms with E-state index in [0.717, 1.165) is 5.56 Å². The summed E-state index contributed by atoms with van der Waals surface area (Å²) in [5, 5.41) is 3.11. The van der Waals surface area contributed by atoms with Gasteiger partial charge < -0.3 is 15.0 Å². The molecule has 2 amide bonds. The summed E-state index contributed by atoms with van der Waals surface area (Å²) in [5.74, 6) is 0.114. The largest absolute Gasteiger partial charge is 0.490 e. The van der Waals surface area contributed by atoms with Gasteiger partial charge in [-0.15, -0.1) is 0 Å². The molecule has 2 aromatic carbocycles. The number of rotatable bonds is 1. The minimum atomic E-state index is -0.619. The molecule has 29 heavy (non-hydrogen) atoms. The first-order valence-electron chi connectivity index (χ1n) is 10.0. The predicted molar refractivity (Wildman–Crippen MR) is 114 cm³/mol. The monoisotopic (exact) mass is 392 g/mol. The van der Waals surface area contributed by atoms with Gasteiger partial charge in [0.25, 0.3) is 5.91 Å². The van der Waals surface area contributed by atoms with E-state index < -0.39 is 6.04 Å². The van der Waals surface area contributed by atoms with Gasteiger partial charge in [0.05, 0.1) is 17.7 Å². The number of hydrogen-bond acceptors (Lipinski definition) is 3. The van der Waals surface area contributed by atoms with Crippen molar-refractivity contribution >= 4 is 11.8 Å². The van der Waals surface area contributed by atoms with Crippen molar-refractivity contribution in [3.63, 3.8) is 0 Å². The lowest BCUT2D eigenvalue weighted by Gasteiger charge is -2.28. The van der Waals surface area contributed by atoms with Crippen molar-refractivity contribution in [1.29, 1.82) is 0 Å². The molecule has 5 nitrogen and oxygen atoms in total. The maximum absolute atomic E-state index is 13.1. The minimum absolute atomic E-state index is 0.0735. The fourth-order valence-electron chi connectivity index (χ4n) is 3.33. The van der Waals surface area contributed by atoms with Gasteiger partial charge >= 0.3 is 0 Å². The van der Waals surface area contributed by atoms with Gasteiger partial charge in [0.15, 0.2) is 0 Å². The van der Waals surface area contributed by atoms with Crippen LogP contribution in [0.3, 0.4) is 0 Å². The fraction of sp³-hybridized carbons (Fsp3) is 0.333. The number of benzene rings is 2. The van der Waals surface area contributed by atoms with Crippen LogP contribution >= 0.6 is 0 Å². The first kappa shape index (κ1) is 20.6. The van der Waals surface area contributed by atoms with E-state index in [2.05, 4.69) is 17.5 Å². The average Bonchev–Trinajstić information content (AvgIpc) is 2.74. The van der Waals surface area contributed by atoms with Crippen LogP contribution in [0.1, 0.15) is 48.7 Å². The summed E-state index contributed by atoms with van der Waals surface area (Å²) in [6, 6.07) is 16.3. The number of nitrogens with one attached hydrogen (secondary N) is 1. The second-order valence-electron chi connectivity index (χ2n) is 7.43. The van der Waals surface area contributed by atoms with Gasteiger partial charge in [-0.05, 0) is 38.0 Å². The number of para-hydroxylation sites is 1. The van der Waals surface area contributed by atoms with Crippen LogP contribution in [0.15, 0.2) is 66.7 Å². The van der Waals surface area contributed by atoms with Crippen molar-refractivity contribution in [2.45, 2.75) is 44.9 Å². The first-order chi connectivity index (χ1) is 14.0. The van der Waals surface area contributed by atoms with E-state index >= 15 is 0 Å². The van der Waals surface area contributed by atoms with Gasteiger partial charge in [-0.3, -0.25) is 9.59 Å². The van der Waals surface area contributed by atoms with Gasteiger partial charge in [0, 0.05) is 13.5 Å². The highest BCUT2D eigenvalue weighted by Gasteiger charge is 2.27. The van der Waals surface area contributed by atoms with Gasteiger partial charge in [0.2, 0.25) is 5.91 Å². The highest BCUT2D eigenvalue weighted by atomic mass is 16.5. The van der Waals surface area contributed by atoms with Gasteiger partial charge in [0.1, 0.15) is 11.8 Å². The standard InChI is InChI=1S/C24H28N2O3/c1-17-11-7-9-15-21(19-12-5-4-6-13-19)25-23(27)18(2)26(3)24(28)20-14-8-10-16-22(20)29-17/h4-10,12-14,16-18,21H,11,15H2,1-3H3,(H,25,27)/b9-7-/t17-,18-,21+/m0/s1. The summed E-state index contributed by atoms with van der Waals surface area (Å²) >= 11 is 0. The zero-order valence-corrected chi connectivity index (χ0v) is 17.2. The number of carbonyl (C=O) groups excluding carboxylic acids is 2. The Hall–Kier alpha value is -3.08. The van der Waals surface area contributed by atoms with Crippen LogP contribution < -0.4 is 10.1 Å². The van der Waals surface area contributed by atoms with E-state index in [4.69, 9.17) is 4.74 Å².